The topological polar surface area (TPSA) is 32.3 Å². The van der Waals surface area contributed by atoms with Gasteiger partial charge in [-0.3, -0.25) is 4.79 Å². The summed E-state index contributed by atoms with van der Waals surface area (Å²) >= 11 is 5.88. The lowest BCUT2D eigenvalue weighted by molar-refractivity contribution is 0.0933. The molecule has 130 valence electrons. The van der Waals surface area contributed by atoms with Crippen molar-refractivity contribution in [3.63, 3.8) is 0 Å². The fraction of sp³-hybridized carbons (Fsp3) is 0.316. The van der Waals surface area contributed by atoms with Gasteiger partial charge in [-0.2, -0.15) is 0 Å². The summed E-state index contributed by atoms with van der Waals surface area (Å²) in [5, 5.41) is 3.77. The Labute approximate surface area is 155 Å². The molecule has 0 saturated carbocycles. The highest BCUT2D eigenvalue weighted by Gasteiger charge is 2.15. The van der Waals surface area contributed by atoms with Gasteiger partial charge in [0.25, 0.3) is 5.91 Å². The van der Waals surface area contributed by atoms with Crippen LogP contribution in [0.1, 0.15) is 34.8 Å². The van der Waals surface area contributed by atoms with Crippen molar-refractivity contribution in [3.8, 4) is 0 Å². The molecule has 0 aliphatic rings. The van der Waals surface area contributed by atoms with Crippen molar-refractivity contribution in [3.05, 3.63) is 70.7 Å². The van der Waals surface area contributed by atoms with E-state index in [0.29, 0.717) is 10.6 Å². The normalized spacial score (nSPS) is 11.7. The van der Waals surface area contributed by atoms with E-state index < -0.39 is 0 Å². The number of hydrogen-bond acceptors (Lipinski definition) is 2. The molecule has 1 N–H and O–H groups in total. The maximum absolute atomic E-state index is 12.5. The second-order valence-electron chi connectivity index (χ2n) is 5.89. The van der Waals surface area contributed by atoms with Crippen LogP contribution in [0.5, 0.6) is 0 Å². The molecular formula is C19H24Cl2N2O. The molecule has 0 aromatic heterocycles. The summed E-state index contributed by atoms with van der Waals surface area (Å²) in [6.45, 7) is 1.00. The standard InChI is InChI=1S/C19H23ClN2O.ClH/c1-22(2)14-6-9-18(15-7-4-3-5-8-15)21-19(23)16-10-12-17(20)13-11-16;/h3-5,7-8,10-13,18H,6,9,14H2,1-2H3,(H,21,23);1H. The Balaban J connectivity index is 0.00000288. The molecule has 2 aromatic rings. The Morgan fingerprint density at radius 2 is 1.71 bits per heavy atom. The highest BCUT2D eigenvalue weighted by Crippen LogP contribution is 2.19. The van der Waals surface area contributed by atoms with E-state index in [0.717, 1.165) is 24.9 Å². The van der Waals surface area contributed by atoms with Gasteiger partial charge in [0.1, 0.15) is 0 Å². The van der Waals surface area contributed by atoms with Gasteiger partial charge in [0.2, 0.25) is 0 Å². The maximum Gasteiger partial charge on any atom is 0.251 e. The average Bonchev–Trinajstić information content (AvgIpc) is 2.55. The predicted molar refractivity (Wildman–Crippen MR) is 103 cm³/mol. The minimum atomic E-state index is -0.0691. The van der Waals surface area contributed by atoms with Gasteiger partial charge < -0.3 is 10.2 Å². The molecule has 3 nitrogen and oxygen atoms in total. The molecule has 0 spiro atoms. The van der Waals surface area contributed by atoms with Crippen LogP contribution in [0, 0.1) is 0 Å². The van der Waals surface area contributed by atoms with Crippen molar-refractivity contribution >= 4 is 29.9 Å². The van der Waals surface area contributed by atoms with Crippen molar-refractivity contribution in [2.75, 3.05) is 20.6 Å². The summed E-state index contributed by atoms with van der Waals surface area (Å²) in [5.74, 6) is -0.0691. The SMILES string of the molecule is CN(C)CCCC(NC(=O)c1ccc(Cl)cc1)c1ccccc1.Cl. The Morgan fingerprint density at radius 3 is 2.29 bits per heavy atom. The number of nitrogens with zero attached hydrogens (tertiary/aromatic N) is 1. The number of nitrogens with one attached hydrogen (secondary N) is 1. The van der Waals surface area contributed by atoms with Crippen LogP contribution in [0.25, 0.3) is 0 Å². The van der Waals surface area contributed by atoms with Gasteiger partial charge in [-0.05, 0) is 63.3 Å². The van der Waals surface area contributed by atoms with E-state index in [1.54, 1.807) is 24.3 Å². The molecule has 24 heavy (non-hydrogen) atoms. The van der Waals surface area contributed by atoms with Crippen molar-refractivity contribution in [2.24, 2.45) is 0 Å². The lowest BCUT2D eigenvalue weighted by Crippen LogP contribution is -2.29. The Bertz CT molecular complexity index is 615. The summed E-state index contributed by atoms with van der Waals surface area (Å²) in [4.78, 5) is 14.6. The number of carbonyl (C=O) groups excluding carboxylic acids is 1. The van der Waals surface area contributed by atoms with Gasteiger partial charge in [-0.15, -0.1) is 12.4 Å². The van der Waals surface area contributed by atoms with E-state index in [1.807, 2.05) is 18.2 Å². The molecule has 0 bridgehead atoms. The minimum Gasteiger partial charge on any atom is -0.345 e. The molecule has 0 heterocycles. The van der Waals surface area contributed by atoms with Crippen molar-refractivity contribution < 1.29 is 4.79 Å². The molecule has 5 heteroatoms. The summed E-state index contributed by atoms with van der Waals surface area (Å²) in [7, 11) is 4.12. The molecule has 0 aliphatic heterocycles. The summed E-state index contributed by atoms with van der Waals surface area (Å²) in [6.07, 6.45) is 1.93. The second kappa shape index (κ2) is 10.3. The van der Waals surface area contributed by atoms with Gasteiger partial charge in [0, 0.05) is 10.6 Å². The van der Waals surface area contributed by atoms with Crippen LogP contribution in [0.15, 0.2) is 54.6 Å². The third-order valence-electron chi connectivity index (χ3n) is 3.71. The lowest BCUT2D eigenvalue weighted by atomic mass is 10.0. The van der Waals surface area contributed by atoms with Gasteiger partial charge in [-0.25, -0.2) is 0 Å². The zero-order chi connectivity index (χ0) is 16.7. The van der Waals surface area contributed by atoms with E-state index in [4.69, 9.17) is 11.6 Å². The summed E-state index contributed by atoms with van der Waals surface area (Å²) < 4.78 is 0. The molecule has 1 unspecified atom stereocenters. The van der Waals surface area contributed by atoms with Crippen LogP contribution in [-0.2, 0) is 0 Å². The van der Waals surface area contributed by atoms with Crippen LogP contribution < -0.4 is 5.32 Å². The van der Waals surface area contributed by atoms with E-state index in [9.17, 15) is 4.79 Å². The predicted octanol–water partition coefficient (Wildman–Crippen LogP) is 4.57. The minimum absolute atomic E-state index is 0. The molecule has 0 saturated heterocycles. The first kappa shape index (κ1) is 20.5. The molecule has 0 fully saturated rings. The Morgan fingerprint density at radius 1 is 1.08 bits per heavy atom. The fourth-order valence-corrected chi connectivity index (χ4v) is 2.59. The number of amides is 1. The average molecular weight is 367 g/mol. The quantitative estimate of drug-likeness (QED) is 0.777. The molecule has 2 rings (SSSR count). The highest BCUT2D eigenvalue weighted by molar-refractivity contribution is 6.30. The monoisotopic (exact) mass is 366 g/mol. The van der Waals surface area contributed by atoms with E-state index in [-0.39, 0.29) is 24.4 Å². The first-order valence-corrected chi connectivity index (χ1v) is 8.20. The largest absolute Gasteiger partial charge is 0.345 e. The van der Waals surface area contributed by atoms with E-state index in [2.05, 4.69) is 36.4 Å². The molecule has 0 radical (unpaired) electrons. The third-order valence-corrected chi connectivity index (χ3v) is 3.96. The van der Waals surface area contributed by atoms with Gasteiger partial charge >= 0.3 is 0 Å². The smallest absolute Gasteiger partial charge is 0.251 e. The first-order chi connectivity index (χ1) is 11.1. The van der Waals surface area contributed by atoms with Gasteiger partial charge in [-0.1, -0.05) is 41.9 Å². The number of benzene rings is 2. The maximum atomic E-state index is 12.5. The molecular weight excluding hydrogens is 343 g/mol. The first-order valence-electron chi connectivity index (χ1n) is 7.82. The van der Waals surface area contributed by atoms with Crippen LogP contribution in [0.2, 0.25) is 5.02 Å². The van der Waals surface area contributed by atoms with Gasteiger partial charge in [0.05, 0.1) is 6.04 Å². The summed E-state index contributed by atoms with van der Waals surface area (Å²) in [6, 6.07) is 17.1. The van der Waals surface area contributed by atoms with E-state index in [1.165, 1.54) is 0 Å². The number of hydrogen-bond donors (Lipinski definition) is 1. The molecule has 0 aliphatic carbocycles. The van der Waals surface area contributed by atoms with Crippen LogP contribution in [0.3, 0.4) is 0 Å². The molecule has 2 aromatic carbocycles. The Hall–Kier alpha value is -1.55. The van der Waals surface area contributed by atoms with Gasteiger partial charge in [0.15, 0.2) is 0 Å². The Kier molecular flexibility index (Phi) is 8.83. The van der Waals surface area contributed by atoms with Crippen molar-refractivity contribution in [1.82, 2.24) is 10.2 Å². The molecule has 1 atom stereocenters. The van der Waals surface area contributed by atoms with Crippen LogP contribution in [-0.4, -0.2) is 31.4 Å². The number of rotatable bonds is 7. The number of halogens is 2. The molecule has 1 amide bonds. The highest BCUT2D eigenvalue weighted by atomic mass is 35.5. The number of carbonyl (C=O) groups is 1. The summed E-state index contributed by atoms with van der Waals surface area (Å²) in [5.41, 5.74) is 1.76. The second-order valence-corrected chi connectivity index (χ2v) is 6.33. The zero-order valence-corrected chi connectivity index (χ0v) is 15.6. The third kappa shape index (κ3) is 6.52. The fourth-order valence-electron chi connectivity index (χ4n) is 2.46. The van der Waals surface area contributed by atoms with Crippen LogP contribution in [0.4, 0.5) is 0 Å². The van der Waals surface area contributed by atoms with E-state index >= 15 is 0 Å². The zero-order valence-electron chi connectivity index (χ0n) is 14.0. The van der Waals surface area contributed by atoms with Crippen LogP contribution >= 0.6 is 24.0 Å². The van der Waals surface area contributed by atoms with Crippen molar-refractivity contribution in [2.45, 2.75) is 18.9 Å². The lowest BCUT2D eigenvalue weighted by Gasteiger charge is -2.20. The van der Waals surface area contributed by atoms with Crippen molar-refractivity contribution in [1.29, 1.82) is 0 Å².